The second-order valence-electron chi connectivity index (χ2n) is 4.69. The Kier molecular flexibility index (Phi) is 3.46. The van der Waals surface area contributed by atoms with Crippen LogP contribution in [0.2, 0.25) is 5.02 Å². The molecule has 0 bridgehead atoms. The second-order valence-corrected chi connectivity index (χ2v) is 8.04. The van der Waals surface area contributed by atoms with E-state index in [-0.39, 0.29) is 5.78 Å². The molecular weight excluding hydrogens is 341 g/mol. The van der Waals surface area contributed by atoms with Crippen LogP contribution in [0.25, 0.3) is 0 Å². The van der Waals surface area contributed by atoms with Gasteiger partial charge in [-0.2, -0.15) is 0 Å². The number of benzene rings is 2. The Labute approximate surface area is 126 Å². The van der Waals surface area contributed by atoms with E-state index in [1.165, 1.54) is 0 Å². The first kappa shape index (κ1) is 13.5. The second kappa shape index (κ2) is 5.13. The Morgan fingerprint density at radius 3 is 2.50 bits per heavy atom. The number of hydrogen-bond donors (Lipinski definition) is 0. The Bertz CT molecular complexity index is 712. The number of hydrogen-bond acceptors (Lipinski definition) is 3. The van der Waals surface area contributed by atoms with Crippen molar-refractivity contribution in [1.29, 1.82) is 0 Å². The van der Waals surface area contributed by atoms with Crippen molar-refractivity contribution in [2.45, 2.75) is 0 Å². The number of carbonyl (C=O) groups excluding carboxylic acids is 1. The molecule has 0 amide bonds. The van der Waals surface area contributed by atoms with Gasteiger partial charge in [0.15, 0.2) is 0 Å². The Hall–Kier alpha value is -1.48. The summed E-state index contributed by atoms with van der Waals surface area (Å²) in [6.07, 6.45) is 0. The van der Waals surface area contributed by atoms with E-state index in [2.05, 4.69) is 0 Å². The van der Waals surface area contributed by atoms with Crippen molar-refractivity contribution in [3.8, 4) is 0 Å². The predicted molar refractivity (Wildman–Crippen MR) is 80.7 cm³/mol. The van der Waals surface area contributed by atoms with E-state index in [1.807, 2.05) is 18.0 Å². The summed E-state index contributed by atoms with van der Waals surface area (Å²) in [4.78, 5) is 14.4. The normalized spacial score (nSPS) is 17.1. The molecule has 1 aliphatic heterocycles. The minimum atomic E-state index is -2.03. The Morgan fingerprint density at radius 1 is 1.15 bits per heavy atom. The molecule has 1 unspecified atom stereocenters. The van der Waals surface area contributed by atoms with E-state index in [0.717, 1.165) is 10.1 Å². The molecule has 102 valence electrons. The van der Waals surface area contributed by atoms with Gasteiger partial charge in [0, 0.05) is 0 Å². The average molecular weight is 353 g/mol. The van der Waals surface area contributed by atoms with Gasteiger partial charge in [-0.05, 0) is 0 Å². The average Bonchev–Trinajstić information content (AvgIpc) is 2.74. The van der Waals surface area contributed by atoms with Crippen LogP contribution in [0.1, 0.15) is 15.9 Å². The van der Waals surface area contributed by atoms with Gasteiger partial charge in [0.2, 0.25) is 0 Å². The third-order valence-electron chi connectivity index (χ3n) is 3.30. The molecule has 20 heavy (non-hydrogen) atoms. The van der Waals surface area contributed by atoms with Gasteiger partial charge in [0.1, 0.15) is 0 Å². The molecule has 2 aromatic rings. The van der Waals surface area contributed by atoms with Crippen LogP contribution in [0.5, 0.6) is 0 Å². The number of rotatable bonds is 2. The van der Waals surface area contributed by atoms with Gasteiger partial charge in [0.25, 0.3) is 0 Å². The van der Waals surface area contributed by atoms with Crippen LogP contribution in [-0.4, -0.2) is 32.1 Å². The predicted octanol–water partition coefficient (Wildman–Crippen LogP) is 2.19. The molecule has 1 aliphatic rings. The number of ketones is 1. The maximum absolute atomic E-state index is 12.4. The SMILES string of the molecule is CN1C[Se](=O)c2cc(C(=O)c3ccc(Cl)cc3)ccc21. The summed E-state index contributed by atoms with van der Waals surface area (Å²) in [7, 11) is 1.92. The van der Waals surface area contributed by atoms with Gasteiger partial charge in [-0.15, -0.1) is 0 Å². The van der Waals surface area contributed by atoms with Crippen LogP contribution >= 0.6 is 11.6 Å². The fraction of sp³-hybridized carbons (Fsp3) is 0.133. The van der Waals surface area contributed by atoms with Crippen molar-refractivity contribution in [3.63, 3.8) is 0 Å². The van der Waals surface area contributed by atoms with E-state index >= 15 is 0 Å². The van der Waals surface area contributed by atoms with Gasteiger partial charge in [0.05, 0.1) is 0 Å². The number of fused-ring (bicyclic) bond motifs is 1. The third kappa shape index (κ3) is 2.31. The molecule has 0 saturated carbocycles. The summed E-state index contributed by atoms with van der Waals surface area (Å²) in [5.41, 5.74) is 2.71. The summed E-state index contributed by atoms with van der Waals surface area (Å²) in [5.74, 6) is -0.0715. The number of halogens is 1. The van der Waals surface area contributed by atoms with Crippen molar-refractivity contribution in [2.75, 3.05) is 17.4 Å². The first-order valence-corrected chi connectivity index (χ1v) is 9.24. The molecule has 2 aromatic carbocycles. The molecule has 5 heteroatoms. The summed E-state index contributed by atoms with van der Waals surface area (Å²) in [6, 6.07) is 12.2. The van der Waals surface area contributed by atoms with Crippen molar-refractivity contribution in [3.05, 3.63) is 58.6 Å². The number of nitrogens with zero attached hydrogens (tertiary/aromatic N) is 1. The van der Waals surface area contributed by atoms with Gasteiger partial charge < -0.3 is 0 Å². The quantitative estimate of drug-likeness (QED) is 0.614. The van der Waals surface area contributed by atoms with Gasteiger partial charge in [-0.25, -0.2) is 0 Å². The topological polar surface area (TPSA) is 37.4 Å². The molecule has 0 spiro atoms. The summed E-state index contributed by atoms with van der Waals surface area (Å²) >= 11 is 3.79. The van der Waals surface area contributed by atoms with Crippen molar-refractivity contribution in [1.82, 2.24) is 0 Å². The maximum atomic E-state index is 12.4. The summed E-state index contributed by atoms with van der Waals surface area (Å²) in [5, 5.41) is 0.600. The molecule has 3 rings (SSSR count). The number of anilines is 1. The molecule has 1 atom stereocenters. The molecule has 0 radical (unpaired) electrons. The summed E-state index contributed by atoms with van der Waals surface area (Å²) in [6.45, 7) is 0. The zero-order chi connectivity index (χ0) is 14.3. The van der Waals surface area contributed by atoms with Crippen molar-refractivity contribution >= 4 is 41.4 Å². The Balaban J connectivity index is 1.99. The van der Waals surface area contributed by atoms with Crippen LogP contribution in [0.15, 0.2) is 42.5 Å². The molecule has 0 aromatic heterocycles. The van der Waals surface area contributed by atoms with E-state index in [1.54, 1.807) is 36.4 Å². The molecule has 0 N–H and O–H groups in total. The van der Waals surface area contributed by atoms with Gasteiger partial charge in [-0.3, -0.25) is 0 Å². The van der Waals surface area contributed by atoms with Gasteiger partial charge in [-0.1, -0.05) is 0 Å². The molecule has 0 saturated heterocycles. The van der Waals surface area contributed by atoms with E-state index in [0.29, 0.717) is 21.6 Å². The van der Waals surface area contributed by atoms with E-state index < -0.39 is 13.8 Å². The Morgan fingerprint density at radius 2 is 1.80 bits per heavy atom. The minimum absolute atomic E-state index is 0.0715. The fourth-order valence-electron chi connectivity index (χ4n) is 2.24. The van der Waals surface area contributed by atoms with Crippen LogP contribution in [0.4, 0.5) is 5.69 Å². The first-order valence-electron chi connectivity index (χ1n) is 6.10. The summed E-state index contributed by atoms with van der Waals surface area (Å²) < 4.78 is 12.9. The van der Waals surface area contributed by atoms with Crippen LogP contribution in [0, 0.1) is 0 Å². The van der Waals surface area contributed by atoms with Crippen LogP contribution < -0.4 is 9.36 Å². The molecular formula is C15H12ClNO2Se. The zero-order valence-electron chi connectivity index (χ0n) is 10.8. The van der Waals surface area contributed by atoms with Crippen molar-refractivity contribution < 1.29 is 8.63 Å². The molecule has 0 aliphatic carbocycles. The zero-order valence-corrected chi connectivity index (χ0v) is 13.3. The molecule has 3 nitrogen and oxygen atoms in total. The standard InChI is InChI=1S/C15H12ClNO2Se/c1-17-9-20(19)14-8-11(4-7-13(14)17)15(18)10-2-5-12(16)6-3-10/h2-8H,9H2,1H3. The van der Waals surface area contributed by atoms with Crippen molar-refractivity contribution in [2.24, 2.45) is 0 Å². The van der Waals surface area contributed by atoms with Gasteiger partial charge >= 0.3 is 126 Å². The van der Waals surface area contributed by atoms with Crippen LogP contribution in [-0.2, 0) is 3.83 Å². The monoisotopic (exact) mass is 353 g/mol. The fourth-order valence-corrected chi connectivity index (χ4v) is 5.18. The number of carbonyl (C=O) groups is 1. The third-order valence-corrected chi connectivity index (χ3v) is 6.57. The molecule has 0 fully saturated rings. The van der Waals surface area contributed by atoms with Crippen LogP contribution in [0.3, 0.4) is 0 Å². The first-order chi connectivity index (χ1) is 9.56. The van der Waals surface area contributed by atoms with E-state index in [4.69, 9.17) is 11.6 Å². The molecule has 1 heterocycles. The van der Waals surface area contributed by atoms with E-state index in [9.17, 15) is 8.63 Å².